The Morgan fingerprint density at radius 3 is 2.69 bits per heavy atom. The molecule has 0 atom stereocenters. The maximum absolute atomic E-state index is 13.2. The number of hydrogen-bond acceptors (Lipinski definition) is 2. The van der Waals surface area contributed by atoms with E-state index in [-0.39, 0.29) is 9.50 Å². The van der Waals surface area contributed by atoms with Crippen LogP contribution in [-0.4, -0.2) is 5.16 Å². The maximum atomic E-state index is 13.2. The predicted octanol–water partition coefficient (Wildman–Crippen LogP) is 4.74. The highest BCUT2D eigenvalue weighted by Gasteiger charge is 2.13. The summed E-state index contributed by atoms with van der Waals surface area (Å²) in [6, 6.07) is 1.41. The van der Waals surface area contributed by atoms with Gasteiger partial charge in [0.1, 0.15) is 5.69 Å². The Bertz CT molecular complexity index is 404. The zero-order valence-electron chi connectivity index (χ0n) is 5.94. The van der Waals surface area contributed by atoms with E-state index >= 15 is 0 Å². The van der Waals surface area contributed by atoms with Gasteiger partial charge in [0, 0.05) is 4.47 Å². The second-order valence-electron chi connectivity index (χ2n) is 2.02. The molecule has 0 saturated carbocycles. The fourth-order valence-corrected chi connectivity index (χ4v) is 2.54. The van der Waals surface area contributed by atoms with E-state index in [2.05, 4.69) is 54.2 Å². The lowest BCUT2D eigenvalue weighted by atomic mass is 10.3. The molecule has 0 N–H and O–H groups in total. The third-order valence-corrected chi connectivity index (χ3v) is 2.94. The topological polar surface area (TPSA) is 12.4 Å². The lowest BCUT2D eigenvalue weighted by molar-refractivity contribution is 0.621. The Labute approximate surface area is 101 Å². The van der Waals surface area contributed by atoms with E-state index in [1.165, 1.54) is 6.07 Å². The summed E-state index contributed by atoms with van der Waals surface area (Å²) in [7, 11) is 0. The van der Waals surface area contributed by atoms with Crippen molar-refractivity contribution in [2.45, 2.75) is 0 Å². The van der Waals surface area contributed by atoms with Gasteiger partial charge in [-0.1, -0.05) is 11.6 Å². The largest absolute Gasteiger partial charge is 0.204 e. The lowest BCUT2D eigenvalue weighted by Gasteiger charge is -2.03. The maximum Gasteiger partial charge on any atom is 0.158 e. The number of halogens is 4. The molecule has 0 fully saturated rings. The SMILES string of the molecule is Fc1c(Cl)cc(Br)c(N=C=S)c1Br. The Hall–Kier alpha value is 0.200. The molecule has 0 aliphatic rings. The molecule has 0 heterocycles. The summed E-state index contributed by atoms with van der Waals surface area (Å²) in [6.07, 6.45) is 0. The van der Waals surface area contributed by atoms with Crippen molar-refractivity contribution >= 4 is 66.5 Å². The van der Waals surface area contributed by atoms with E-state index < -0.39 is 5.82 Å². The number of benzene rings is 1. The van der Waals surface area contributed by atoms with E-state index in [0.29, 0.717) is 10.2 Å². The van der Waals surface area contributed by atoms with Gasteiger partial charge in [-0.05, 0) is 50.1 Å². The number of nitrogens with zero attached hydrogens (tertiary/aromatic N) is 1. The molecule has 1 nitrogen and oxygen atoms in total. The average Bonchev–Trinajstić information content (AvgIpc) is 2.09. The van der Waals surface area contributed by atoms with Crippen LogP contribution in [0.2, 0.25) is 5.02 Å². The minimum absolute atomic E-state index is 0.0158. The first-order chi connectivity index (χ1) is 6.07. The van der Waals surface area contributed by atoms with Crippen LogP contribution in [0.1, 0.15) is 0 Å². The normalized spacial score (nSPS) is 9.54. The highest BCUT2D eigenvalue weighted by atomic mass is 79.9. The molecular formula is C7HBr2ClFNS. The monoisotopic (exact) mass is 343 g/mol. The van der Waals surface area contributed by atoms with Crippen molar-refractivity contribution in [3.05, 3.63) is 25.9 Å². The third kappa shape index (κ3) is 2.36. The van der Waals surface area contributed by atoms with Gasteiger partial charge in [0.2, 0.25) is 0 Å². The molecule has 6 heteroatoms. The van der Waals surface area contributed by atoms with Crippen LogP contribution in [0, 0.1) is 5.82 Å². The van der Waals surface area contributed by atoms with Gasteiger partial charge in [0.25, 0.3) is 0 Å². The van der Waals surface area contributed by atoms with Crippen molar-refractivity contribution in [3.63, 3.8) is 0 Å². The Balaban J connectivity index is 3.52. The van der Waals surface area contributed by atoms with E-state index in [4.69, 9.17) is 11.6 Å². The molecule has 0 unspecified atom stereocenters. The lowest BCUT2D eigenvalue weighted by Crippen LogP contribution is -1.81. The molecule has 0 bridgehead atoms. The molecule has 0 amide bonds. The highest BCUT2D eigenvalue weighted by Crippen LogP contribution is 2.38. The first kappa shape index (κ1) is 11.3. The zero-order chi connectivity index (χ0) is 10.0. The summed E-state index contributed by atoms with van der Waals surface area (Å²) in [4.78, 5) is 3.68. The van der Waals surface area contributed by atoms with Gasteiger partial charge in [-0.3, -0.25) is 0 Å². The first-order valence-corrected chi connectivity index (χ1v) is 5.36. The minimum Gasteiger partial charge on any atom is -0.204 e. The Morgan fingerprint density at radius 1 is 1.54 bits per heavy atom. The van der Waals surface area contributed by atoms with Crippen LogP contribution in [0.4, 0.5) is 10.1 Å². The summed E-state index contributed by atoms with van der Waals surface area (Å²) in [5, 5.41) is 2.17. The standard InChI is InChI=1S/C7HBr2ClFNS/c8-3-1-4(10)6(11)5(9)7(3)12-2-13/h1H. The van der Waals surface area contributed by atoms with E-state index in [1.54, 1.807) is 0 Å². The van der Waals surface area contributed by atoms with Gasteiger partial charge in [-0.15, -0.1) is 0 Å². The summed E-state index contributed by atoms with van der Waals surface area (Å²) in [6.45, 7) is 0. The fraction of sp³-hybridized carbons (Fsp3) is 0. The van der Waals surface area contributed by atoms with Crippen LogP contribution >= 0.6 is 55.7 Å². The molecule has 13 heavy (non-hydrogen) atoms. The zero-order valence-corrected chi connectivity index (χ0v) is 10.7. The predicted molar refractivity (Wildman–Crippen MR) is 61.5 cm³/mol. The molecule has 0 radical (unpaired) electrons. The van der Waals surface area contributed by atoms with Gasteiger partial charge in [-0.25, -0.2) is 4.39 Å². The number of thiocarbonyl (C=S) groups is 1. The van der Waals surface area contributed by atoms with Crippen LogP contribution in [0.3, 0.4) is 0 Å². The summed E-state index contributed by atoms with van der Waals surface area (Å²) < 4.78 is 13.9. The van der Waals surface area contributed by atoms with Crippen LogP contribution in [0.15, 0.2) is 20.0 Å². The quantitative estimate of drug-likeness (QED) is 0.310. The molecule has 0 aromatic heterocycles. The van der Waals surface area contributed by atoms with Gasteiger partial charge in [0.15, 0.2) is 5.82 Å². The number of aliphatic imine (C=N–C) groups is 1. The number of rotatable bonds is 1. The van der Waals surface area contributed by atoms with Crippen LogP contribution in [-0.2, 0) is 0 Å². The van der Waals surface area contributed by atoms with Crippen molar-refractivity contribution in [1.29, 1.82) is 0 Å². The fourth-order valence-electron chi connectivity index (χ4n) is 0.705. The molecule has 1 aromatic rings. The van der Waals surface area contributed by atoms with Crippen molar-refractivity contribution in [3.8, 4) is 0 Å². The second-order valence-corrected chi connectivity index (χ2v) is 4.26. The summed E-state index contributed by atoms with van der Waals surface area (Å²) >= 11 is 16.2. The van der Waals surface area contributed by atoms with Gasteiger partial charge >= 0.3 is 0 Å². The van der Waals surface area contributed by atoms with Crippen LogP contribution in [0.25, 0.3) is 0 Å². The Kier molecular flexibility index (Phi) is 4.01. The number of isothiocyanates is 1. The third-order valence-electron chi connectivity index (χ3n) is 1.25. The van der Waals surface area contributed by atoms with Crippen molar-refractivity contribution in [1.82, 2.24) is 0 Å². The summed E-state index contributed by atoms with van der Waals surface area (Å²) in [5.74, 6) is -0.561. The molecule has 0 aliphatic heterocycles. The molecule has 1 rings (SSSR count). The molecule has 0 aliphatic carbocycles. The second kappa shape index (κ2) is 4.62. The van der Waals surface area contributed by atoms with Crippen molar-refractivity contribution in [2.75, 3.05) is 0 Å². The van der Waals surface area contributed by atoms with E-state index in [9.17, 15) is 4.39 Å². The van der Waals surface area contributed by atoms with Crippen molar-refractivity contribution in [2.24, 2.45) is 4.99 Å². The number of hydrogen-bond donors (Lipinski definition) is 0. The van der Waals surface area contributed by atoms with E-state index in [1.807, 2.05) is 0 Å². The van der Waals surface area contributed by atoms with Crippen LogP contribution in [0.5, 0.6) is 0 Å². The summed E-state index contributed by atoms with van der Waals surface area (Å²) in [5.41, 5.74) is 0.344. The smallest absolute Gasteiger partial charge is 0.158 e. The Morgan fingerprint density at radius 2 is 2.15 bits per heavy atom. The molecule has 68 valence electrons. The van der Waals surface area contributed by atoms with Gasteiger partial charge in [-0.2, -0.15) is 4.99 Å². The van der Waals surface area contributed by atoms with Gasteiger partial charge in [0.05, 0.1) is 14.7 Å². The molecular weight excluding hydrogens is 344 g/mol. The highest BCUT2D eigenvalue weighted by molar-refractivity contribution is 9.11. The first-order valence-electron chi connectivity index (χ1n) is 2.98. The van der Waals surface area contributed by atoms with E-state index in [0.717, 1.165) is 0 Å². The molecule has 0 spiro atoms. The molecule has 0 saturated heterocycles. The van der Waals surface area contributed by atoms with Gasteiger partial charge < -0.3 is 0 Å². The van der Waals surface area contributed by atoms with Crippen LogP contribution < -0.4 is 0 Å². The minimum atomic E-state index is -0.561. The molecule has 1 aromatic carbocycles. The van der Waals surface area contributed by atoms with Crippen molar-refractivity contribution < 1.29 is 4.39 Å². The average molecular weight is 345 g/mol.